The highest BCUT2D eigenvalue weighted by Gasteiger charge is 2.11. The van der Waals surface area contributed by atoms with Crippen LogP contribution in [-0.2, 0) is 13.2 Å². The van der Waals surface area contributed by atoms with Crippen molar-refractivity contribution < 1.29 is 9.47 Å². The van der Waals surface area contributed by atoms with Crippen LogP contribution in [-0.4, -0.2) is 18.1 Å². The zero-order chi connectivity index (χ0) is 12.9. The molecule has 0 atom stereocenters. The van der Waals surface area contributed by atoms with Crippen LogP contribution in [0.15, 0.2) is 42.5 Å². The van der Waals surface area contributed by atoms with Crippen molar-refractivity contribution in [1.29, 1.82) is 0 Å². The van der Waals surface area contributed by atoms with Crippen molar-refractivity contribution in [1.82, 2.24) is 10.3 Å². The summed E-state index contributed by atoms with van der Waals surface area (Å²) in [6.07, 6.45) is 0. The lowest BCUT2D eigenvalue weighted by Gasteiger charge is -2.09. The zero-order valence-electron chi connectivity index (χ0n) is 11.0. The van der Waals surface area contributed by atoms with Crippen molar-refractivity contribution in [3.8, 4) is 11.8 Å². The fourth-order valence-corrected chi connectivity index (χ4v) is 1.97. The molecule has 0 radical (unpaired) electrons. The number of nitrogens with one attached hydrogen (secondary N) is 1. The summed E-state index contributed by atoms with van der Waals surface area (Å²) in [5.74, 6) is 1.28. The highest BCUT2D eigenvalue weighted by Crippen LogP contribution is 2.21. The molecule has 2 heterocycles. The SMILES string of the molecule is Cl.c1ccc(COc2ccc3c(n2)OCCNC3)cc1. The lowest BCUT2D eigenvalue weighted by molar-refractivity contribution is 0.276. The van der Waals surface area contributed by atoms with E-state index in [2.05, 4.69) is 10.3 Å². The van der Waals surface area contributed by atoms with Crippen LogP contribution in [0.25, 0.3) is 0 Å². The molecular weight excluding hydrogens is 276 g/mol. The molecular formula is C15H17ClN2O2. The molecule has 0 saturated heterocycles. The van der Waals surface area contributed by atoms with Crippen molar-refractivity contribution in [2.24, 2.45) is 0 Å². The number of benzene rings is 1. The summed E-state index contributed by atoms with van der Waals surface area (Å²) in [5, 5.41) is 3.27. The Labute approximate surface area is 124 Å². The van der Waals surface area contributed by atoms with Crippen LogP contribution in [0.3, 0.4) is 0 Å². The summed E-state index contributed by atoms with van der Waals surface area (Å²) in [6.45, 7) is 2.80. The molecule has 4 nitrogen and oxygen atoms in total. The molecule has 0 spiro atoms. The zero-order valence-corrected chi connectivity index (χ0v) is 11.9. The molecule has 0 unspecified atom stereocenters. The van der Waals surface area contributed by atoms with Crippen LogP contribution < -0.4 is 14.8 Å². The predicted molar refractivity (Wildman–Crippen MR) is 79.5 cm³/mol. The molecule has 1 aromatic heterocycles. The number of hydrogen-bond donors (Lipinski definition) is 1. The summed E-state index contributed by atoms with van der Waals surface area (Å²) in [5.41, 5.74) is 2.20. The lowest BCUT2D eigenvalue weighted by atomic mass is 10.2. The van der Waals surface area contributed by atoms with Crippen molar-refractivity contribution in [3.05, 3.63) is 53.6 Å². The second kappa shape index (κ2) is 7.12. The van der Waals surface area contributed by atoms with Crippen molar-refractivity contribution in [2.75, 3.05) is 13.2 Å². The first-order valence-electron chi connectivity index (χ1n) is 6.42. The lowest BCUT2D eigenvalue weighted by Crippen LogP contribution is -2.16. The molecule has 0 aliphatic carbocycles. The minimum atomic E-state index is 0. The Morgan fingerprint density at radius 1 is 1.15 bits per heavy atom. The van der Waals surface area contributed by atoms with Crippen molar-refractivity contribution in [3.63, 3.8) is 0 Å². The largest absolute Gasteiger partial charge is 0.476 e. The fourth-order valence-electron chi connectivity index (χ4n) is 1.97. The summed E-state index contributed by atoms with van der Waals surface area (Å²) in [7, 11) is 0. The number of hydrogen-bond acceptors (Lipinski definition) is 4. The van der Waals surface area contributed by atoms with Gasteiger partial charge in [-0.1, -0.05) is 30.3 Å². The fraction of sp³-hybridized carbons (Fsp3) is 0.267. The van der Waals surface area contributed by atoms with Gasteiger partial charge in [-0.2, -0.15) is 4.98 Å². The van der Waals surface area contributed by atoms with Gasteiger partial charge in [0.15, 0.2) is 0 Å². The Balaban J connectivity index is 0.00000147. The molecule has 2 aromatic rings. The van der Waals surface area contributed by atoms with E-state index in [1.807, 2.05) is 42.5 Å². The van der Waals surface area contributed by atoms with E-state index in [1.165, 1.54) is 0 Å². The molecule has 0 bridgehead atoms. The van der Waals surface area contributed by atoms with Gasteiger partial charge in [-0.05, 0) is 11.6 Å². The van der Waals surface area contributed by atoms with Crippen molar-refractivity contribution >= 4 is 12.4 Å². The number of rotatable bonds is 3. The summed E-state index contributed by atoms with van der Waals surface area (Å²) in [6, 6.07) is 13.9. The topological polar surface area (TPSA) is 43.4 Å². The first-order valence-corrected chi connectivity index (χ1v) is 6.42. The van der Waals surface area contributed by atoms with Crippen LogP contribution >= 0.6 is 12.4 Å². The Hall–Kier alpha value is -1.78. The van der Waals surface area contributed by atoms with Crippen LogP contribution in [0.5, 0.6) is 11.8 Å². The Morgan fingerprint density at radius 3 is 2.85 bits per heavy atom. The maximum absolute atomic E-state index is 5.69. The maximum atomic E-state index is 5.69. The van der Waals surface area contributed by atoms with Gasteiger partial charge in [0, 0.05) is 24.7 Å². The molecule has 20 heavy (non-hydrogen) atoms. The van der Waals surface area contributed by atoms with Gasteiger partial charge < -0.3 is 14.8 Å². The van der Waals surface area contributed by atoms with E-state index >= 15 is 0 Å². The Morgan fingerprint density at radius 2 is 2.00 bits per heavy atom. The van der Waals surface area contributed by atoms with Gasteiger partial charge >= 0.3 is 0 Å². The monoisotopic (exact) mass is 292 g/mol. The van der Waals surface area contributed by atoms with E-state index < -0.39 is 0 Å². The average Bonchev–Trinajstić information content (AvgIpc) is 2.71. The smallest absolute Gasteiger partial charge is 0.221 e. The summed E-state index contributed by atoms with van der Waals surface area (Å²) >= 11 is 0. The molecule has 1 aliphatic heterocycles. The van der Waals surface area contributed by atoms with Gasteiger partial charge in [0.05, 0.1) is 0 Å². The first-order chi connectivity index (χ1) is 9.42. The van der Waals surface area contributed by atoms with Crippen LogP contribution in [0.4, 0.5) is 0 Å². The van der Waals surface area contributed by atoms with Gasteiger partial charge in [-0.25, -0.2) is 0 Å². The van der Waals surface area contributed by atoms with E-state index in [1.54, 1.807) is 0 Å². The van der Waals surface area contributed by atoms with E-state index in [0.29, 0.717) is 25.0 Å². The number of pyridine rings is 1. The molecule has 5 heteroatoms. The third-order valence-electron chi connectivity index (χ3n) is 2.98. The third-order valence-corrected chi connectivity index (χ3v) is 2.98. The van der Waals surface area contributed by atoms with Gasteiger partial charge in [0.1, 0.15) is 13.2 Å². The summed E-state index contributed by atoms with van der Waals surface area (Å²) < 4.78 is 11.3. The number of aromatic nitrogens is 1. The number of ether oxygens (including phenoxy) is 2. The molecule has 106 valence electrons. The molecule has 0 amide bonds. The minimum Gasteiger partial charge on any atom is -0.476 e. The van der Waals surface area contributed by atoms with Crippen LogP contribution in [0, 0.1) is 0 Å². The Kier molecular flexibility index (Phi) is 5.21. The Bertz CT molecular complexity index is 549. The molecule has 0 fully saturated rings. The quantitative estimate of drug-likeness (QED) is 0.944. The molecule has 1 aromatic carbocycles. The van der Waals surface area contributed by atoms with Crippen LogP contribution in [0.2, 0.25) is 0 Å². The summed E-state index contributed by atoms with van der Waals surface area (Å²) in [4.78, 5) is 4.40. The van der Waals surface area contributed by atoms with Gasteiger partial charge in [0.2, 0.25) is 11.8 Å². The maximum Gasteiger partial charge on any atom is 0.221 e. The number of fused-ring (bicyclic) bond motifs is 1. The van der Waals surface area contributed by atoms with E-state index in [-0.39, 0.29) is 12.4 Å². The molecule has 1 N–H and O–H groups in total. The average molecular weight is 293 g/mol. The van der Waals surface area contributed by atoms with Crippen LogP contribution in [0.1, 0.15) is 11.1 Å². The second-order valence-corrected chi connectivity index (χ2v) is 4.41. The highest BCUT2D eigenvalue weighted by molar-refractivity contribution is 5.85. The highest BCUT2D eigenvalue weighted by atomic mass is 35.5. The molecule has 3 rings (SSSR count). The minimum absolute atomic E-state index is 0. The van der Waals surface area contributed by atoms with E-state index in [4.69, 9.17) is 9.47 Å². The van der Waals surface area contributed by atoms with E-state index in [9.17, 15) is 0 Å². The van der Waals surface area contributed by atoms with Gasteiger partial charge in [-0.15, -0.1) is 12.4 Å². The molecule has 0 saturated carbocycles. The van der Waals surface area contributed by atoms with Crippen molar-refractivity contribution in [2.45, 2.75) is 13.2 Å². The number of halogens is 1. The number of nitrogens with zero attached hydrogens (tertiary/aromatic N) is 1. The van der Waals surface area contributed by atoms with E-state index in [0.717, 1.165) is 24.2 Å². The third kappa shape index (κ3) is 3.62. The first kappa shape index (κ1) is 14.6. The normalized spacial score (nSPS) is 13.4. The molecule has 1 aliphatic rings. The van der Waals surface area contributed by atoms with Gasteiger partial charge in [-0.3, -0.25) is 0 Å². The predicted octanol–water partition coefficient (Wildman–Crippen LogP) is 2.56. The van der Waals surface area contributed by atoms with Gasteiger partial charge in [0.25, 0.3) is 0 Å². The standard InChI is InChI=1S/C15H16N2O2.ClH/c1-2-4-12(5-3-1)11-19-14-7-6-13-10-16-8-9-18-15(13)17-14;/h1-7,16H,8-11H2;1H. The second-order valence-electron chi connectivity index (χ2n) is 4.41.